The van der Waals surface area contributed by atoms with Gasteiger partial charge in [0.05, 0.1) is 11.1 Å². The lowest BCUT2D eigenvalue weighted by Crippen LogP contribution is -2.68. The summed E-state index contributed by atoms with van der Waals surface area (Å²) in [7, 11) is 0. The highest BCUT2D eigenvalue weighted by atomic mass is 19.1. The second-order valence-electron chi connectivity index (χ2n) is 4.94. The van der Waals surface area contributed by atoms with Gasteiger partial charge >= 0.3 is 0 Å². The van der Waals surface area contributed by atoms with Gasteiger partial charge in [0.1, 0.15) is 11.6 Å². The molecule has 1 fully saturated rings. The highest BCUT2D eigenvalue weighted by Crippen LogP contribution is 2.27. The van der Waals surface area contributed by atoms with Gasteiger partial charge in [0.2, 0.25) is 0 Å². The fourth-order valence-corrected chi connectivity index (χ4v) is 2.37. The fourth-order valence-electron chi connectivity index (χ4n) is 2.37. The Hall–Kier alpha value is -1.62. The Morgan fingerprint density at radius 3 is 2.78 bits per heavy atom. The first-order valence-corrected chi connectivity index (χ1v) is 6.02. The number of benzene rings is 1. The number of nitrogens with zero attached hydrogens (tertiary/aromatic N) is 1. The lowest BCUT2D eigenvalue weighted by atomic mass is 9.86. The molecule has 5 heteroatoms. The molecule has 1 aliphatic rings. The van der Waals surface area contributed by atoms with E-state index in [4.69, 9.17) is 5.73 Å². The van der Waals surface area contributed by atoms with E-state index in [2.05, 4.69) is 0 Å². The molecule has 1 heterocycles. The normalized spacial score (nSPS) is 17.4. The van der Waals surface area contributed by atoms with Crippen molar-refractivity contribution in [1.29, 1.82) is 0 Å². The number of rotatable bonds is 3. The summed E-state index contributed by atoms with van der Waals surface area (Å²) < 4.78 is 12.8. The Morgan fingerprint density at radius 1 is 1.56 bits per heavy atom. The number of aromatic hydroxyl groups is 1. The van der Waals surface area contributed by atoms with Gasteiger partial charge in [-0.2, -0.15) is 0 Å². The van der Waals surface area contributed by atoms with Crippen LogP contribution in [0.25, 0.3) is 0 Å². The summed E-state index contributed by atoms with van der Waals surface area (Å²) in [6.45, 7) is 3.01. The largest absolute Gasteiger partial charge is 0.507 e. The molecule has 0 aromatic heterocycles. The van der Waals surface area contributed by atoms with E-state index in [1.807, 2.05) is 6.92 Å². The second-order valence-corrected chi connectivity index (χ2v) is 4.94. The van der Waals surface area contributed by atoms with Crippen LogP contribution in [-0.2, 0) is 0 Å². The van der Waals surface area contributed by atoms with E-state index in [1.165, 1.54) is 6.07 Å². The summed E-state index contributed by atoms with van der Waals surface area (Å²) in [5.74, 6) is -1.19. The van der Waals surface area contributed by atoms with Gasteiger partial charge in [0.25, 0.3) is 5.91 Å². The zero-order chi connectivity index (χ0) is 13.3. The summed E-state index contributed by atoms with van der Waals surface area (Å²) in [4.78, 5) is 13.6. The van der Waals surface area contributed by atoms with Crippen LogP contribution in [0.1, 0.15) is 30.1 Å². The maximum Gasteiger partial charge on any atom is 0.257 e. The van der Waals surface area contributed by atoms with Crippen molar-refractivity contribution in [1.82, 2.24) is 4.90 Å². The molecule has 1 amide bonds. The molecule has 4 nitrogen and oxygen atoms in total. The predicted molar refractivity (Wildman–Crippen MR) is 65.8 cm³/mol. The summed E-state index contributed by atoms with van der Waals surface area (Å²) >= 11 is 0. The van der Waals surface area contributed by atoms with E-state index in [-0.39, 0.29) is 22.8 Å². The third-order valence-corrected chi connectivity index (χ3v) is 3.24. The quantitative estimate of drug-likeness (QED) is 0.856. The number of phenolic OH excluding ortho intramolecular Hbond substituents is 1. The molecule has 0 radical (unpaired) electrons. The molecule has 0 spiro atoms. The molecule has 0 aliphatic carbocycles. The van der Waals surface area contributed by atoms with Gasteiger partial charge in [-0.1, -0.05) is 13.3 Å². The van der Waals surface area contributed by atoms with Gasteiger partial charge in [0, 0.05) is 19.2 Å². The van der Waals surface area contributed by atoms with Crippen molar-refractivity contribution in [2.24, 2.45) is 5.73 Å². The first kappa shape index (κ1) is 12.8. The van der Waals surface area contributed by atoms with Crippen molar-refractivity contribution in [3.8, 4) is 5.75 Å². The van der Waals surface area contributed by atoms with Crippen LogP contribution >= 0.6 is 0 Å². The van der Waals surface area contributed by atoms with Crippen molar-refractivity contribution < 1.29 is 14.3 Å². The molecule has 3 N–H and O–H groups in total. The Balaban J connectivity index is 2.06. The van der Waals surface area contributed by atoms with Gasteiger partial charge < -0.3 is 15.7 Å². The number of phenols is 1. The highest BCUT2D eigenvalue weighted by molar-refractivity contribution is 5.97. The summed E-state index contributed by atoms with van der Waals surface area (Å²) in [5, 5.41) is 9.54. The predicted octanol–water partition coefficient (Wildman–Crippen LogP) is 1.48. The molecule has 2 rings (SSSR count). The number of amides is 1. The fraction of sp³-hybridized carbons (Fsp3) is 0.462. The first-order chi connectivity index (χ1) is 8.45. The molecule has 0 saturated carbocycles. The Bertz CT molecular complexity index is 470. The molecular formula is C13H17FN2O2. The first-order valence-electron chi connectivity index (χ1n) is 6.02. The van der Waals surface area contributed by atoms with Crippen LogP contribution in [0, 0.1) is 5.82 Å². The average molecular weight is 252 g/mol. The smallest absolute Gasteiger partial charge is 0.257 e. The van der Waals surface area contributed by atoms with E-state index in [0.717, 1.165) is 25.0 Å². The molecule has 18 heavy (non-hydrogen) atoms. The minimum absolute atomic E-state index is 0.120. The van der Waals surface area contributed by atoms with Crippen molar-refractivity contribution >= 4 is 5.91 Å². The third-order valence-electron chi connectivity index (χ3n) is 3.24. The zero-order valence-corrected chi connectivity index (χ0v) is 10.3. The SMILES string of the molecule is CCCC1(N)CN(C(=O)c2ccc(F)cc2O)C1. The molecule has 98 valence electrons. The topological polar surface area (TPSA) is 66.6 Å². The van der Waals surface area contributed by atoms with Crippen LogP contribution in [0.3, 0.4) is 0 Å². The summed E-state index contributed by atoms with van der Waals surface area (Å²) in [6.07, 6.45) is 1.84. The Morgan fingerprint density at radius 2 is 2.22 bits per heavy atom. The van der Waals surface area contributed by atoms with E-state index < -0.39 is 5.82 Å². The zero-order valence-electron chi connectivity index (χ0n) is 10.3. The number of nitrogens with two attached hydrogens (primary N) is 1. The molecule has 0 unspecified atom stereocenters. The van der Waals surface area contributed by atoms with Crippen LogP contribution in [0.5, 0.6) is 5.75 Å². The number of hydrogen-bond acceptors (Lipinski definition) is 3. The van der Waals surface area contributed by atoms with E-state index in [1.54, 1.807) is 4.90 Å². The van der Waals surface area contributed by atoms with E-state index in [9.17, 15) is 14.3 Å². The monoisotopic (exact) mass is 252 g/mol. The van der Waals surface area contributed by atoms with Crippen LogP contribution in [0.15, 0.2) is 18.2 Å². The summed E-state index contributed by atoms with van der Waals surface area (Å²) in [5.41, 5.74) is 5.88. The molecule has 0 atom stereocenters. The van der Waals surface area contributed by atoms with Gasteiger partial charge in [-0.3, -0.25) is 4.79 Å². The molecule has 1 aromatic rings. The number of hydrogen-bond donors (Lipinski definition) is 2. The van der Waals surface area contributed by atoms with Gasteiger partial charge in [0.15, 0.2) is 0 Å². The van der Waals surface area contributed by atoms with Crippen molar-refractivity contribution in [3.63, 3.8) is 0 Å². The number of carbonyl (C=O) groups is 1. The van der Waals surface area contributed by atoms with E-state index in [0.29, 0.717) is 13.1 Å². The number of carbonyl (C=O) groups excluding carboxylic acids is 1. The van der Waals surface area contributed by atoms with Gasteiger partial charge in [-0.15, -0.1) is 0 Å². The van der Waals surface area contributed by atoms with Crippen LogP contribution in [-0.4, -0.2) is 34.5 Å². The third kappa shape index (κ3) is 2.31. The maximum atomic E-state index is 12.8. The molecule has 1 aromatic carbocycles. The highest BCUT2D eigenvalue weighted by Gasteiger charge is 2.41. The molecule has 1 aliphatic heterocycles. The molecule has 0 bridgehead atoms. The minimum atomic E-state index is -0.563. The maximum absolute atomic E-state index is 12.8. The lowest BCUT2D eigenvalue weighted by Gasteiger charge is -2.47. The van der Waals surface area contributed by atoms with Crippen molar-refractivity contribution in [3.05, 3.63) is 29.6 Å². The number of halogens is 1. The van der Waals surface area contributed by atoms with Crippen LogP contribution in [0.2, 0.25) is 0 Å². The van der Waals surface area contributed by atoms with Crippen LogP contribution in [0.4, 0.5) is 4.39 Å². The van der Waals surface area contributed by atoms with Crippen LogP contribution < -0.4 is 5.73 Å². The summed E-state index contributed by atoms with van der Waals surface area (Å²) in [6, 6.07) is 3.40. The number of likely N-dealkylation sites (tertiary alicyclic amines) is 1. The van der Waals surface area contributed by atoms with E-state index >= 15 is 0 Å². The van der Waals surface area contributed by atoms with Crippen molar-refractivity contribution in [2.45, 2.75) is 25.3 Å². The molecule has 1 saturated heterocycles. The minimum Gasteiger partial charge on any atom is -0.507 e. The second kappa shape index (κ2) is 4.57. The Labute approximate surface area is 105 Å². The lowest BCUT2D eigenvalue weighted by molar-refractivity contribution is 0.0383. The van der Waals surface area contributed by atoms with Gasteiger partial charge in [-0.25, -0.2) is 4.39 Å². The van der Waals surface area contributed by atoms with Crippen molar-refractivity contribution in [2.75, 3.05) is 13.1 Å². The Kier molecular flexibility index (Phi) is 3.26. The average Bonchev–Trinajstić information content (AvgIpc) is 2.25. The molecular weight excluding hydrogens is 235 g/mol. The van der Waals surface area contributed by atoms with Gasteiger partial charge in [-0.05, 0) is 18.6 Å². The standard InChI is InChI=1S/C13H17FN2O2/c1-2-5-13(15)7-16(8-13)12(18)10-4-3-9(14)6-11(10)17/h3-4,6,17H,2,5,7-8,15H2,1H3.